The molecule has 0 unspecified atom stereocenters. The van der Waals surface area contributed by atoms with E-state index in [-0.39, 0.29) is 18.0 Å². The van der Waals surface area contributed by atoms with Crippen LogP contribution >= 0.6 is 0 Å². The summed E-state index contributed by atoms with van der Waals surface area (Å²) in [7, 11) is 0. The van der Waals surface area contributed by atoms with Gasteiger partial charge in [-0.15, -0.1) is 0 Å². The average molecular weight is 388 g/mol. The van der Waals surface area contributed by atoms with Gasteiger partial charge in [-0.05, 0) is 32.9 Å². The first-order valence-electron chi connectivity index (χ1n) is 9.59. The van der Waals surface area contributed by atoms with E-state index < -0.39 is 0 Å². The summed E-state index contributed by atoms with van der Waals surface area (Å²) in [5.41, 5.74) is 1.29. The van der Waals surface area contributed by atoms with Gasteiger partial charge < -0.3 is 23.5 Å². The van der Waals surface area contributed by atoms with Crippen LogP contribution in [0.2, 0.25) is 0 Å². The number of cyclic esters (lactones) is 1. The zero-order valence-electron chi connectivity index (χ0n) is 16.3. The lowest BCUT2D eigenvalue weighted by Crippen LogP contribution is -2.53. The molecule has 2 saturated heterocycles. The molecule has 0 saturated carbocycles. The highest BCUT2D eigenvalue weighted by atomic mass is 16.6. The summed E-state index contributed by atoms with van der Waals surface area (Å²) in [6, 6.07) is 3.63. The maximum atomic E-state index is 13.2. The van der Waals surface area contributed by atoms with Crippen molar-refractivity contribution >= 4 is 23.0 Å². The summed E-state index contributed by atoms with van der Waals surface area (Å²) < 4.78 is 22.5. The highest BCUT2D eigenvalue weighted by Crippen LogP contribution is 2.40. The van der Waals surface area contributed by atoms with Crippen molar-refractivity contribution < 1.29 is 28.2 Å². The molecule has 8 heteroatoms. The Labute approximate surface area is 162 Å². The number of rotatable bonds is 5. The Balaban J connectivity index is 1.67. The van der Waals surface area contributed by atoms with Gasteiger partial charge in [-0.2, -0.15) is 0 Å². The number of fused-ring (bicyclic) bond motifs is 2. The lowest BCUT2D eigenvalue weighted by Gasteiger charge is -2.34. The fraction of sp³-hybridized carbons (Fsp3) is 0.500. The Morgan fingerprint density at radius 3 is 2.75 bits per heavy atom. The number of nitrogens with zero attached hydrogens (tertiary/aromatic N) is 2. The van der Waals surface area contributed by atoms with E-state index in [9.17, 15) is 9.59 Å². The Morgan fingerprint density at radius 2 is 2.00 bits per heavy atom. The van der Waals surface area contributed by atoms with Gasteiger partial charge >= 0.3 is 6.09 Å². The van der Waals surface area contributed by atoms with E-state index in [0.717, 1.165) is 10.9 Å². The van der Waals surface area contributed by atoms with Crippen LogP contribution < -0.4 is 9.47 Å². The Bertz CT molecular complexity index is 921. The molecule has 1 aromatic heterocycles. The summed E-state index contributed by atoms with van der Waals surface area (Å²) in [5, 5.41) is 0.827. The van der Waals surface area contributed by atoms with Crippen molar-refractivity contribution in [3.8, 4) is 11.5 Å². The molecule has 28 heavy (non-hydrogen) atoms. The first-order chi connectivity index (χ1) is 13.5. The summed E-state index contributed by atoms with van der Waals surface area (Å²) in [6.45, 7) is 8.28. The maximum absolute atomic E-state index is 13.2. The van der Waals surface area contributed by atoms with Gasteiger partial charge in [0.15, 0.2) is 17.1 Å². The standard InChI is InChI=1S/C20H24N2O6/c1-4-25-15-7-6-14-12(3)16(28-17(14)18(15)26-5-2)19(23)21-8-9-22-13(10-21)11-27-20(22)24/h6-7,13H,4-5,8-11H2,1-3H3/t13-/m1/s1. The predicted molar refractivity (Wildman–Crippen MR) is 101 cm³/mol. The number of carbonyl (C=O) groups excluding carboxylic acids is 2. The third-order valence-corrected chi connectivity index (χ3v) is 5.21. The largest absolute Gasteiger partial charge is 0.490 e. The fourth-order valence-electron chi connectivity index (χ4n) is 3.81. The van der Waals surface area contributed by atoms with E-state index in [1.54, 1.807) is 9.80 Å². The van der Waals surface area contributed by atoms with Gasteiger partial charge in [0.1, 0.15) is 6.61 Å². The highest BCUT2D eigenvalue weighted by Gasteiger charge is 2.39. The molecule has 0 spiro atoms. The highest BCUT2D eigenvalue weighted by molar-refractivity contribution is 6.01. The number of furan rings is 1. The molecule has 0 radical (unpaired) electrons. The first-order valence-corrected chi connectivity index (χ1v) is 9.59. The summed E-state index contributed by atoms with van der Waals surface area (Å²) in [6.07, 6.45) is -0.304. The van der Waals surface area contributed by atoms with Crippen LogP contribution in [-0.2, 0) is 4.74 Å². The lowest BCUT2D eigenvalue weighted by atomic mass is 10.1. The second-order valence-corrected chi connectivity index (χ2v) is 6.87. The van der Waals surface area contributed by atoms with Crippen molar-refractivity contribution in [3.05, 3.63) is 23.5 Å². The van der Waals surface area contributed by atoms with Gasteiger partial charge in [0.25, 0.3) is 5.91 Å². The zero-order valence-corrected chi connectivity index (χ0v) is 16.3. The number of hydrogen-bond donors (Lipinski definition) is 0. The van der Waals surface area contributed by atoms with Crippen molar-refractivity contribution in [3.63, 3.8) is 0 Å². The molecule has 1 aromatic carbocycles. The van der Waals surface area contributed by atoms with Gasteiger partial charge in [0.2, 0.25) is 5.75 Å². The molecule has 2 amide bonds. The normalized spacial score (nSPS) is 19.0. The van der Waals surface area contributed by atoms with Crippen molar-refractivity contribution in [2.45, 2.75) is 26.8 Å². The Morgan fingerprint density at radius 1 is 1.21 bits per heavy atom. The van der Waals surface area contributed by atoms with Crippen LogP contribution in [0.15, 0.2) is 16.5 Å². The minimum atomic E-state index is -0.304. The van der Waals surface area contributed by atoms with E-state index >= 15 is 0 Å². The number of ether oxygens (including phenoxy) is 3. The fourth-order valence-corrected chi connectivity index (χ4v) is 3.81. The number of carbonyl (C=O) groups is 2. The number of aryl methyl sites for hydroxylation is 1. The van der Waals surface area contributed by atoms with Gasteiger partial charge in [-0.3, -0.25) is 9.69 Å². The predicted octanol–water partition coefficient (Wildman–Crippen LogP) is 2.82. The van der Waals surface area contributed by atoms with Crippen LogP contribution in [0.25, 0.3) is 11.0 Å². The van der Waals surface area contributed by atoms with Gasteiger partial charge in [0, 0.05) is 30.6 Å². The molecule has 0 N–H and O–H groups in total. The minimum absolute atomic E-state index is 0.0987. The second-order valence-electron chi connectivity index (χ2n) is 6.87. The second kappa shape index (κ2) is 7.26. The summed E-state index contributed by atoms with van der Waals surface area (Å²) in [5.74, 6) is 1.22. The molecule has 2 aliphatic rings. The van der Waals surface area contributed by atoms with Crippen LogP contribution in [0.5, 0.6) is 11.5 Å². The van der Waals surface area contributed by atoms with Crippen LogP contribution in [-0.4, -0.2) is 67.3 Å². The van der Waals surface area contributed by atoms with Crippen LogP contribution in [0, 0.1) is 6.92 Å². The monoisotopic (exact) mass is 388 g/mol. The van der Waals surface area contributed by atoms with E-state index in [2.05, 4.69) is 0 Å². The van der Waals surface area contributed by atoms with Crippen molar-refractivity contribution in [2.24, 2.45) is 0 Å². The number of hydrogen-bond acceptors (Lipinski definition) is 6. The average Bonchev–Trinajstić information content (AvgIpc) is 3.23. The molecule has 150 valence electrons. The Hall–Kier alpha value is -2.90. The molecule has 2 aromatic rings. The van der Waals surface area contributed by atoms with Gasteiger partial charge in [-0.25, -0.2) is 4.79 Å². The van der Waals surface area contributed by atoms with Crippen molar-refractivity contribution in [1.82, 2.24) is 9.80 Å². The smallest absolute Gasteiger partial charge is 0.410 e. The molecule has 4 rings (SSSR count). The van der Waals surface area contributed by atoms with E-state index in [1.165, 1.54) is 0 Å². The molecule has 2 aliphatic heterocycles. The number of piperazine rings is 1. The zero-order chi connectivity index (χ0) is 19.8. The minimum Gasteiger partial charge on any atom is -0.490 e. The van der Waals surface area contributed by atoms with Crippen LogP contribution in [0.4, 0.5) is 4.79 Å². The molecule has 0 aliphatic carbocycles. The number of benzene rings is 1. The Kier molecular flexibility index (Phi) is 4.78. The molecular weight excluding hydrogens is 364 g/mol. The summed E-state index contributed by atoms with van der Waals surface area (Å²) >= 11 is 0. The topological polar surface area (TPSA) is 81.5 Å². The van der Waals surface area contributed by atoms with E-state index in [4.69, 9.17) is 18.6 Å². The molecular formula is C20H24N2O6. The van der Waals surface area contributed by atoms with Crippen molar-refractivity contribution in [1.29, 1.82) is 0 Å². The molecule has 1 atom stereocenters. The maximum Gasteiger partial charge on any atom is 0.410 e. The number of amides is 2. The first kappa shape index (κ1) is 18.5. The van der Waals surface area contributed by atoms with E-state index in [0.29, 0.717) is 62.3 Å². The van der Waals surface area contributed by atoms with E-state index in [1.807, 2.05) is 32.9 Å². The molecule has 0 bridgehead atoms. The van der Waals surface area contributed by atoms with Crippen molar-refractivity contribution in [2.75, 3.05) is 39.5 Å². The molecule has 3 heterocycles. The SMILES string of the molecule is CCOc1ccc2c(C)c(C(=O)N3CCN4C(=O)OC[C@H]4C3)oc2c1OCC. The third kappa shape index (κ3) is 2.93. The molecule has 8 nitrogen and oxygen atoms in total. The quantitative estimate of drug-likeness (QED) is 0.783. The van der Waals surface area contributed by atoms with Crippen LogP contribution in [0.1, 0.15) is 30.0 Å². The van der Waals surface area contributed by atoms with Crippen LogP contribution in [0.3, 0.4) is 0 Å². The summed E-state index contributed by atoms with van der Waals surface area (Å²) in [4.78, 5) is 28.2. The molecule has 2 fully saturated rings. The van der Waals surface area contributed by atoms with Gasteiger partial charge in [-0.1, -0.05) is 0 Å². The lowest BCUT2D eigenvalue weighted by molar-refractivity contribution is 0.0587. The third-order valence-electron chi connectivity index (χ3n) is 5.21. The van der Waals surface area contributed by atoms with Gasteiger partial charge in [0.05, 0.1) is 19.3 Å².